The minimum Gasteiger partial charge on any atom is -0.393 e. The van der Waals surface area contributed by atoms with Gasteiger partial charge in [-0.2, -0.15) is 4.98 Å². The standard InChI is InChI=1S/C12H13F2N3O4/c13-2-1-6-4-17(12(20)16-10(6)15)11-9(19)7(3-14)8(5-18)21-11/h1-4,8-9,11,18-19H,5H2,(H2,15,16,20). The van der Waals surface area contributed by atoms with Gasteiger partial charge in [0.2, 0.25) is 0 Å². The fraction of sp³-hybridized carbons (Fsp3) is 0.333. The molecular weight excluding hydrogens is 288 g/mol. The van der Waals surface area contributed by atoms with Gasteiger partial charge in [0.05, 0.1) is 19.3 Å². The fourth-order valence-electron chi connectivity index (χ4n) is 2.05. The number of hydrogen-bond donors (Lipinski definition) is 3. The van der Waals surface area contributed by atoms with Gasteiger partial charge in [0.25, 0.3) is 0 Å². The smallest absolute Gasteiger partial charge is 0.351 e. The third kappa shape index (κ3) is 2.71. The molecule has 1 aromatic rings. The summed E-state index contributed by atoms with van der Waals surface area (Å²) in [6.45, 7) is -0.572. The third-order valence-corrected chi connectivity index (χ3v) is 3.11. The van der Waals surface area contributed by atoms with Crippen LogP contribution in [0.1, 0.15) is 11.8 Å². The van der Waals surface area contributed by atoms with Gasteiger partial charge in [0.15, 0.2) is 6.23 Å². The summed E-state index contributed by atoms with van der Waals surface area (Å²) in [6.07, 6.45) is -1.45. The van der Waals surface area contributed by atoms with E-state index in [9.17, 15) is 18.7 Å². The number of ether oxygens (including phenoxy) is 1. The van der Waals surface area contributed by atoms with Crippen molar-refractivity contribution in [1.29, 1.82) is 0 Å². The molecule has 1 aliphatic heterocycles. The summed E-state index contributed by atoms with van der Waals surface area (Å²) in [4.78, 5) is 15.3. The van der Waals surface area contributed by atoms with Crippen LogP contribution in [-0.2, 0) is 4.74 Å². The van der Waals surface area contributed by atoms with E-state index >= 15 is 0 Å². The van der Waals surface area contributed by atoms with Gasteiger partial charge in [-0.1, -0.05) is 0 Å². The number of rotatable bonds is 3. The van der Waals surface area contributed by atoms with Crippen molar-refractivity contribution >= 4 is 11.9 Å². The lowest BCUT2D eigenvalue weighted by Gasteiger charge is -2.17. The first-order valence-corrected chi connectivity index (χ1v) is 5.93. The van der Waals surface area contributed by atoms with Crippen LogP contribution in [0.2, 0.25) is 0 Å². The van der Waals surface area contributed by atoms with Crippen molar-refractivity contribution in [3.63, 3.8) is 0 Å². The molecule has 9 heteroatoms. The van der Waals surface area contributed by atoms with E-state index in [-0.39, 0.29) is 29.6 Å². The zero-order valence-corrected chi connectivity index (χ0v) is 10.7. The topological polar surface area (TPSA) is 111 Å². The van der Waals surface area contributed by atoms with Crippen molar-refractivity contribution in [3.8, 4) is 0 Å². The Kier molecular flexibility index (Phi) is 4.46. The molecule has 0 saturated carbocycles. The minimum atomic E-state index is -1.49. The molecule has 1 aliphatic rings. The average Bonchev–Trinajstić information content (AvgIpc) is 2.78. The van der Waals surface area contributed by atoms with Crippen LogP contribution in [0.4, 0.5) is 14.6 Å². The van der Waals surface area contributed by atoms with Crippen molar-refractivity contribution in [2.75, 3.05) is 12.3 Å². The maximum atomic E-state index is 12.7. The van der Waals surface area contributed by atoms with Crippen molar-refractivity contribution in [2.24, 2.45) is 0 Å². The molecule has 2 rings (SSSR count). The van der Waals surface area contributed by atoms with Crippen LogP contribution in [0.5, 0.6) is 0 Å². The highest BCUT2D eigenvalue weighted by atomic mass is 19.1. The predicted molar refractivity (Wildman–Crippen MR) is 69.2 cm³/mol. The summed E-state index contributed by atoms with van der Waals surface area (Å²) < 4.78 is 31.1. The zero-order valence-electron chi connectivity index (χ0n) is 10.7. The first-order chi connectivity index (χ1) is 10.0. The number of hydrogen-bond acceptors (Lipinski definition) is 6. The van der Waals surface area contributed by atoms with Crippen molar-refractivity contribution in [3.05, 3.63) is 40.5 Å². The van der Waals surface area contributed by atoms with E-state index in [2.05, 4.69) is 4.98 Å². The van der Waals surface area contributed by atoms with Gasteiger partial charge in [-0.3, -0.25) is 4.57 Å². The Balaban J connectivity index is 2.47. The Labute approximate surface area is 117 Å². The molecular formula is C12H13F2N3O4. The van der Waals surface area contributed by atoms with Gasteiger partial charge in [-0.05, 0) is 6.08 Å². The van der Waals surface area contributed by atoms with Crippen LogP contribution in [0.25, 0.3) is 6.08 Å². The molecule has 7 nitrogen and oxygen atoms in total. The molecule has 114 valence electrons. The molecule has 0 bridgehead atoms. The normalized spacial score (nSPS) is 27.8. The van der Waals surface area contributed by atoms with Crippen LogP contribution >= 0.6 is 0 Å². The average molecular weight is 301 g/mol. The van der Waals surface area contributed by atoms with Crippen LogP contribution in [0.3, 0.4) is 0 Å². The minimum absolute atomic E-state index is 0.0890. The second-order valence-electron chi connectivity index (χ2n) is 4.32. The fourth-order valence-corrected chi connectivity index (χ4v) is 2.05. The maximum absolute atomic E-state index is 12.7. The lowest BCUT2D eigenvalue weighted by atomic mass is 10.1. The van der Waals surface area contributed by atoms with Gasteiger partial charge >= 0.3 is 5.69 Å². The summed E-state index contributed by atoms with van der Waals surface area (Å²) >= 11 is 0. The summed E-state index contributed by atoms with van der Waals surface area (Å²) in [5.41, 5.74) is 4.49. The number of nitrogens with zero attached hydrogens (tertiary/aromatic N) is 2. The van der Waals surface area contributed by atoms with E-state index in [1.807, 2.05) is 0 Å². The monoisotopic (exact) mass is 301 g/mol. The molecule has 1 aromatic heterocycles. The molecule has 0 aromatic carbocycles. The van der Waals surface area contributed by atoms with Crippen LogP contribution in [0.15, 0.2) is 29.2 Å². The van der Waals surface area contributed by atoms with E-state index in [1.165, 1.54) is 0 Å². The maximum Gasteiger partial charge on any atom is 0.351 e. The Hall–Kier alpha value is -2.10. The summed E-state index contributed by atoms with van der Waals surface area (Å²) in [5.74, 6) is -0.197. The number of aliphatic hydroxyl groups is 2. The molecule has 1 fully saturated rings. The van der Waals surface area contributed by atoms with Crippen molar-refractivity contribution in [2.45, 2.75) is 18.4 Å². The van der Waals surface area contributed by atoms with Crippen LogP contribution in [-0.4, -0.2) is 38.6 Å². The molecule has 21 heavy (non-hydrogen) atoms. The van der Waals surface area contributed by atoms with E-state index in [1.54, 1.807) is 0 Å². The molecule has 2 heterocycles. The van der Waals surface area contributed by atoms with E-state index < -0.39 is 30.7 Å². The van der Waals surface area contributed by atoms with Crippen LogP contribution in [0, 0.1) is 0 Å². The number of nitrogen functional groups attached to an aromatic ring is 1. The molecule has 4 N–H and O–H groups in total. The lowest BCUT2D eigenvalue weighted by molar-refractivity contribution is -0.0527. The number of aliphatic hydroxyl groups excluding tert-OH is 2. The molecule has 3 atom stereocenters. The van der Waals surface area contributed by atoms with Gasteiger partial charge in [0, 0.05) is 17.3 Å². The molecule has 0 radical (unpaired) electrons. The first kappa shape index (κ1) is 15.3. The van der Waals surface area contributed by atoms with Gasteiger partial charge in [0.1, 0.15) is 18.0 Å². The number of anilines is 1. The van der Waals surface area contributed by atoms with Crippen molar-refractivity contribution < 1.29 is 23.7 Å². The molecule has 1 saturated heterocycles. The third-order valence-electron chi connectivity index (χ3n) is 3.11. The quantitative estimate of drug-likeness (QED) is 0.717. The van der Waals surface area contributed by atoms with E-state index in [0.717, 1.165) is 16.8 Å². The summed E-state index contributed by atoms with van der Waals surface area (Å²) in [6, 6.07) is 0. The van der Waals surface area contributed by atoms with E-state index in [0.29, 0.717) is 0 Å². The Morgan fingerprint density at radius 2 is 2.24 bits per heavy atom. The van der Waals surface area contributed by atoms with Crippen LogP contribution < -0.4 is 11.4 Å². The highest BCUT2D eigenvalue weighted by Gasteiger charge is 2.40. The number of nitrogens with two attached hydrogens (primary N) is 1. The predicted octanol–water partition coefficient (Wildman–Crippen LogP) is -0.130. The van der Waals surface area contributed by atoms with Gasteiger partial charge in [-0.15, -0.1) is 0 Å². The number of halogens is 2. The highest BCUT2D eigenvalue weighted by Crippen LogP contribution is 2.32. The summed E-state index contributed by atoms with van der Waals surface area (Å²) in [7, 11) is 0. The molecule has 3 unspecified atom stereocenters. The lowest BCUT2D eigenvalue weighted by Crippen LogP contribution is -2.32. The molecule has 0 amide bonds. The second kappa shape index (κ2) is 6.12. The SMILES string of the molecule is Nc1nc(=O)n(C2OC(CO)C(=CF)C2O)cc1C=CF. The summed E-state index contributed by atoms with van der Waals surface area (Å²) in [5, 5.41) is 19.0. The Morgan fingerprint density at radius 3 is 2.76 bits per heavy atom. The Bertz CT molecular complexity index is 644. The van der Waals surface area contributed by atoms with Gasteiger partial charge < -0.3 is 20.7 Å². The molecule has 0 aliphatic carbocycles. The van der Waals surface area contributed by atoms with E-state index in [4.69, 9.17) is 15.6 Å². The van der Waals surface area contributed by atoms with Crippen molar-refractivity contribution in [1.82, 2.24) is 9.55 Å². The first-order valence-electron chi connectivity index (χ1n) is 5.93. The number of aromatic nitrogens is 2. The Morgan fingerprint density at radius 1 is 1.52 bits per heavy atom. The van der Waals surface area contributed by atoms with Gasteiger partial charge in [-0.25, -0.2) is 13.6 Å². The highest BCUT2D eigenvalue weighted by molar-refractivity contribution is 5.58. The second-order valence-corrected chi connectivity index (χ2v) is 4.32. The zero-order chi connectivity index (χ0) is 15.6. The largest absolute Gasteiger partial charge is 0.393 e. The molecule has 0 spiro atoms.